The molecule has 0 saturated carbocycles. The molecule has 3 aromatic carbocycles. The molecular formula is C28H27F5O3. The van der Waals surface area contributed by atoms with Gasteiger partial charge in [0.2, 0.25) is 0 Å². The minimum Gasteiger partial charge on any atom is -0.481 e. The Balaban J connectivity index is 1.39. The number of halogens is 5. The molecule has 192 valence electrons. The molecule has 1 aliphatic heterocycles. The molecule has 0 aliphatic carbocycles. The molecular weight excluding hydrogens is 479 g/mol. The van der Waals surface area contributed by atoms with E-state index < -0.39 is 30.6 Å². The van der Waals surface area contributed by atoms with Gasteiger partial charge < -0.3 is 14.2 Å². The Bertz CT molecular complexity index is 1200. The van der Waals surface area contributed by atoms with Gasteiger partial charge in [-0.1, -0.05) is 36.4 Å². The summed E-state index contributed by atoms with van der Waals surface area (Å²) in [6.45, 7) is 3.36. The smallest absolute Gasteiger partial charge is 0.422 e. The van der Waals surface area contributed by atoms with Gasteiger partial charge in [-0.25, -0.2) is 8.78 Å². The average molecular weight is 507 g/mol. The van der Waals surface area contributed by atoms with E-state index in [0.29, 0.717) is 53.9 Å². The van der Waals surface area contributed by atoms with E-state index in [1.54, 1.807) is 18.2 Å². The van der Waals surface area contributed by atoms with Crippen molar-refractivity contribution in [3.8, 4) is 5.75 Å². The van der Waals surface area contributed by atoms with Crippen molar-refractivity contribution in [2.75, 3.05) is 19.8 Å². The molecule has 8 heteroatoms. The van der Waals surface area contributed by atoms with Crippen LogP contribution in [-0.2, 0) is 22.3 Å². The Morgan fingerprint density at radius 1 is 0.972 bits per heavy atom. The van der Waals surface area contributed by atoms with Gasteiger partial charge in [0.25, 0.3) is 0 Å². The van der Waals surface area contributed by atoms with Crippen molar-refractivity contribution >= 4 is 10.8 Å². The number of rotatable bonds is 9. The second-order valence-corrected chi connectivity index (χ2v) is 8.92. The zero-order valence-corrected chi connectivity index (χ0v) is 19.6. The third-order valence-electron chi connectivity index (χ3n) is 6.15. The summed E-state index contributed by atoms with van der Waals surface area (Å²) in [6.07, 6.45) is -0.676. The first-order valence-corrected chi connectivity index (χ1v) is 11.8. The Labute approximate surface area is 206 Å². The summed E-state index contributed by atoms with van der Waals surface area (Å²) in [7, 11) is 0. The fraction of sp³-hybridized carbons (Fsp3) is 0.357. The standard InChI is InChI=1S/C28H27F5O3/c1-2-3-4-19-15-34-27(35-16-19)22-10-11-23-21(14-22)9-8-20(26(23)30)7-5-18-6-12-25(24(29)13-18)36-17-28(31,32)33/h2,6,8-14,19,27H,1,3-5,7,15-17H2. The van der Waals surface area contributed by atoms with Gasteiger partial charge in [-0.2, -0.15) is 13.2 Å². The predicted molar refractivity (Wildman–Crippen MR) is 127 cm³/mol. The zero-order valence-electron chi connectivity index (χ0n) is 19.6. The third-order valence-corrected chi connectivity index (χ3v) is 6.15. The fourth-order valence-electron chi connectivity index (χ4n) is 4.21. The first kappa shape index (κ1) is 26.1. The molecule has 4 rings (SSSR count). The van der Waals surface area contributed by atoms with E-state index in [4.69, 9.17) is 9.47 Å². The largest absolute Gasteiger partial charge is 0.481 e. The molecule has 1 fully saturated rings. The number of hydrogen-bond acceptors (Lipinski definition) is 3. The number of allylic oxidation sites excluding steroid dienone is 1. The van der Waals surface area contributed by atoms with Crippen LogP contribution in [0.25, 0.3) is 10.8 Å². The number of hydrogen-bond donors (Lipinski definition) is 0. The second-order valence-electron chi connectivity index (χ2n) is 8.92. The molecule has 0 radical (unpaired) electrons. The summed E-state index contributed by atoms with van der Waals surface area (Å²) in [4.78, 5) is 0. The molecule has 0 spiro atoms. The van der Waals surface area contributed by atoms with E-state index in [9.17, 15) is 17.6 Å². The van der Waals surface area contributed by atoms with E-state index in [1.807, 2.05) is 18.2 Å². The molecule has 0 N–H and O–H groups in total. The van der Waals surface area contributed by atoms with Gasteiger partial charge in [0.15, 0.2) is 24.5 Å². The molecule has 0 bridgehead atoms. The van der Waals surface area contributed by atoms with Crippen LogP contribution in [0.3, 0.4) is 0 Å². The van der Waals surface area contributed by atoms with E-state index in [0.717, 1.165) is 30.5 Å². The summed E-state index contributed by atoms with van der Waals surface area (Å²) < 4.78 is 82.4. The Hall–Kier alpha value is -2.97. The molecule has 3 nitrogen and oxygen atoms in total. The highest BCUT2D eigenvalue weighted by Gasteiger charge is 2.29. The summed E-state index contributed by atoms with van der Waals surface area (Å²) in [5.41, 5.74) is 1.81. The normalized spacial score (nSPS) is 18.4. The first-order chi connectivity index (χ1) is 17.2. The molecule has 0 unspecified atom stereocenters. The van der Waals surface area contributed by atoms with E-state index in [2.05, 4.69) is 11.3 Å². The molecule has 1 aliphatic rings. The maximum absolute atomic E-state index is 15.2. The highest BCUT2D eigenvalue weighted by molar-refractivity contribution is 5.84. The summed E-state index contributed by atoms with van der Waals surface area (Å²) in [6, 6.07) is 12.6. The molecule has 36 heavy (non-hydrogen) atoms. The van der Waals surface area contributed by atoms with E-state index >= 15 is 4.39 Å². The van der Waals surface area contributed by atoms with Gasteiger partial charge in [-0.05, 0) is 60.4 Å². The van der Waals surface area contributed by atoms with Crippen LogP contribution in [-0.4, -0.2) is 26.0 Å². The molecule has 1 heterocycles. The summed E-state index contributed by atoms with van der Waals surface area (Å²) >= 11 is 0. The van der Waals surface area contributed by atoms with Gasteiger partial charge in [0.1, 0.15) is 5.82 Å². The average Bonchev–Trinajstić information content (AvgIpc) is 2.86. The topological polar surface area (TPSA) is 27.7 Å². The Kier molecular flexibility index (Phi) is 8.26. The summed E-state index contributed by atoms with van der Waals surface area (Å²) in [5, 5.41) is 1.17. The maximum Gasteiger partial charge on any atom is 0.422 e. The van der Waals surface area contributed by atoms with Crippen molar-refractivity contribution in [1.29, 1.82) is 0 Å². The Morgan fingerprint density at radius 3 is 2.44 bits per heavy atom. The third kappa shape index (κ3) is 6.62. The van der Waals surface area contributed by atoms with Crippen LogP contribution in [0.1, 0.15) is 35.8 Å². The van der Waals surface area contributed by atoms with Crippen molar-refractivity contribution in [3.63, 3.8) is 0 Å². The van der Waals surface area contributed by atoms with Crippen molar-refractivity contribution < 1.29 is 36.2 Å². The molecule has 1 saturated heterocycles. The fourth-order valence-corrected chi connectivity index (χ4v) is 4.21. The van der Waals surface area contributed by atoms with E-state index in [-0.39, 0.29) is 5.82 Å². The van der Waals surface area contributed by atoms with Gasteiger partial charge in [-0.3, -0.25) is 0 Å². The predicted octanol–water partition coefficient (Wildman–Crippen LogP) is 7.47. The lowest BCUT2D eigenvalue weighted by Crippen LogP contribution is -2.27. The van der Waals surface area contributed by atoms with Crippen LogP contribution in [0.2, 0.25) is 0 Å². The Morgan fingerprint density at radius 2 is 1.75 bits per heavy atom. The second kappa shape index (κ2) is 11.4. The number of benzene rings is 3. The highest BCUT2D eigenvalue weighted by atomic mass is 19.4. The van der Waals surface area contributed by atoms with Crippen LogP contribution in [0.5, 0.6) is 5.75 Å². The molecule has 0 aromatic heterocycles. The molecule has 3 aromatic rings. The van der Waals surface area contributed by atoms with Crippen molar-refractivity contribution in [1.82, 2.24) is 0 Å². The number of aryl methyl sites for hydroxylation is 2. The van der Waals surface area contributed by atoms with Crippen LogP contribution >= 0.6 is 0 Å². The maximum atomic E-state index is 15.2. The van der Waals surface area contributed by atoms with Crippen LogP contribution < -0.4 is 4.74 Å². The minimum atomic E-state index is -4.55. The summed E-state index contributed by atoms with van der Waals surface area (Å²) in [5.74, 6) is -1.39. The number of ether oxygens (including phenoxy) is 3. The lowest BCUT2D eigenvalue weighted by molar-refractivity contribution is -0.205. The lowest BCUT2D eigenvalue weighted by Gasteiger charge is -2.29. The van der Waals surface area contributed by atoms with Crippen LogP contribution in [0, 0.1) is 17.6 Å². The SMILES string of the molecule is C=CCCC1COC(c2ccc3c(F)c(CCc4ccc(OCC(F)(F)F)c(F)c4)ccc3c2)OC1. The lowest BCUT2D eigenvalue weighted by atomic mass is 9.98. The van der Waals surface area contributed by atoms with Gasteiger partial charge in [-0.15, -0.1) is 6.58 Å². The van der Waals surface area contributed by atoms with Crippen molar-refractivity contribution in [2.24, 2.45) is 5.92 Å². The van der Waals surface area contributed by atoms with Crippen molar-refractivity contribution in [2.45, 2.75) is 38.1 Å². The number of fused-ring (bicyclic) bond motifs is 1. The van der Waals surface area contributed by atoms with Crippen molar-refractivity contribution in [3.05, 3.63) is 89.5 Å². The number of alkyl halides is 3. The zero-order chi connectivity index (χ0) is 25.7. The van der Waals surface area contributed by atoms with Crippen LogP contribution in [0.4, 0.5) is 22.0 Å². The van der Waals surface area contributed by atoms with Gasteiger partial charge in [0.05, 0.1) is 13.2 Å². The first-order valence-electron chi connectivity index (χ1n) is 11.8. The minimum absolute atomic E-state index is 0.298. The monoisotopic (exact) mass is 506 g/mol. The van der Waals surface area contributed by atoms with Gasteiger partial charge in [0, 0.05) is 16.9 Å². The molecule has 0 amide bonds. The van der Waals surface area contributed by atoms with E-state index in [1.165, 1.54) is 6.07 Å². The quantitative estimate of drug-likeness (QED) is 0.223. The van der Waals surface area contributed by atoms with Crippen LogP contribution in [0.15, 0.2) is 61.2 Å². The highest BCUT2D eigenvalue weighted by Crippen LogP contribution is 2.31. The molecule has 0 atom stereocenters. The van der Waals surface area contributed by atoms with Gasteiger partial charge >= 0.3 is 6.18 Å².